The average Bonchev–Trinajstić information content (AvgIpc) is 2.46. The van der Waals surface area contributed by atoms with Gasteiger partial charge in [-0.25, -0.2) is 0 Å². The normalized spacial score (nSPS) is 9.75. The van der Waals surface area contributed by atoms with Gasteiger partial charge < -0.3 is 11.9 Å². The van der Waals surface area contributed by atoms with E-state index < -0.39 is 0 Å². The van der Waals surface area contributed by atoms with Crippen molar-refractivity contribution in [2.45, 2.75) is 6.42 Å². The molecular weight excluding hydrogens is 223 g/mol. The van der Waals surface area contributed by atoms with Crippen molar-refractivity contribution >= 4 is 10.9 Å². The Bertz CT molecular complexity index is 332. The van der Waals surface area contributed by atoms with E-state index in [0.717, 1.165) is 23.0 Å². The first-order chi connectivity index (χ1) is 5.40. The number of benzene rings is 1. The maximum absolute atomic E-state index is 3.79. The third kappa shape index (κ3) is 1.78. The first kappa shape index (κ1) is 9.95. The topological polar surface area (TPSA) is 15.8 Å². The molecule has 1 aromatic carbocycles. The number of H-pyrrole nitrogens is 1. The summed E-state index contributed by atoms with van der Waals surface area (Å²) in [6, 6.07) is 11.3. The number of hydrogen-bond donors (Lipinski definition) is 1. The predicted molar refractivity (Wildman–Crippen MR) is 46.2 cm³/mol. The fourth-order valence-electron chi connectivity index (χ4n) is 1.18. The van der Waals surface area contributed by atoms with Crippen molar-refractivity contribution in [1.82, 2.24) is 4.98 Å². The molecule has 0 spiro atoms. The largest absolute Gasteiger partial charge is 0.424 e. The number of nitrogens with one attached hydrogen (secondary N) is 1. The molecule has 0 aliphatic heterocycles. The zero-order valence-electron chi connectivity index (χ0n) is 6.80. The van der Waals surface area contributed by atoms with E-state index >= 15 is 0 Å². The molecule has 59 valence electrons. The molecule has 1 heterocycles. The number of aromatic nitrogens is 1. The van der Waals surface area contributed by atoms with Crippen LogP contribution < -0.4 is 0 Å². The Balaban J connectivity index is 0.000000720. The fraction of sp³-hybridized carbons (Fsp3) is 0.100. The van der Waals surface area contributed by atoms with Crippen molar-refractivity contribution in [3.63, 3.8) is 0 Å². The molecule has 1 radical (unpaired) electrons. The molecule has 2 rings (SSSR count). The molecule has 0 aliphatic carbocycles. The molecule has 2 heteroatoms. The van der Waals surface area contributed by atoms with Crippen LogP contribution >= 0.6 is 0 Å². The van der Waals surface area contributed by atoms with Gasteiger partial charge in [0, 0.05) is 32.7 Å². The summed E-state index contributed by atoms with van der Waals surface area (Å²) in [5, 5.41) is 1.14. The van der Waals surface area contributed by atoms with Gasteiger partial charge in [0.15, 0.2) is 0 Å². The molecule has 12 heavy (non-hydrogen) atoms. The molecule has 0 aliphatic rings. The molecule has 1 nitrogen and oxygen atoms in total. The second-order valence-electron chi connectivity index (χ2n) is 2.52. The van der Waals surface area contributed by atoms with Crippen LogP contribution in [0, 0.1) is 13.0 Å². The Morgan fingerprint density at radius 3 is 2.75 bits per heavy atom. The summed E-state index contributed by atoms with van der Waals surface area (Å²) in [5.74, 6) is 0. The van der Waals surface area contributed by atoms with Crippen molar-refractivity contribution in [3.05, 3.63) is 42.9 Å². The van der Waals surface area contributed by atoms with Crippen molar-refractivity contribution in [2.75, 3.05) is 0 Å². The van der Waals surface area contributed by atoms with Crippen LogP contribution in [0.5, 0.6) is 0 Å². The molecule has 0 saturated heterocycles. The van der Waals surface area contributed by atoms with E-state index in [-0.39, 0.29) is 32.7 Å². The van der Waals surface area contributed by atoms with E-state index in [1.807, 2.05) is 24.3 Å². The Morgan fingerprint density at radius 1 is 1.33 bits per heavy atom. The molecule has 0 saturated carbocycles. The smallest absolute Gasteiger partial charge is 0 e. The zero-order chi connectivity index (χ0) is 7.68. The fourth-order valence-corrected chi connectivity index (χ4v) is 1.18. The van der Waals surface area contributed by atoms with Crippen molar-refractivity contribution in [2.24, 2.45) is 0 Å². The van der Waals surface area contributed by atoms with Gasteiger partial charge in [-0.2, -0.15) is 23.9 Å². The third-order valence-electron chi connectivity index (χ3n) is 1.75. The minimum absolute atomic E-state index is 0. The number of para-hydroxylation sites is 1. The van der Waals surface area contributed by atoms with Gasteiger partial charge in [0.1, 0.15) is 0 Å². The van der Waals surface area contributed by atoms with Crippen LogP contribution in [0.2, 0.25) is 0 Å². The van der Waals surface area contributed by atoms with Gasteiger partial charge >= 0.3 is 0 Å². The van der Waals surface area contributed by atoms with Gasteiger partial charge in [0.2, 0.25) is 0 Å². The van der Waals surface area contributed by atoms with E-state index in [0.29, 0.717) is 0 Å². The van der Waals surface area contributed by atoms with Gasteiger partial charge in [0.05, 0.1) is 0 Å². The second-order valence-corrected chi connectivity index (χ2v) is 2.52. The number of rotatable bonds is 1. The Hall–Kier alpha value is -0.136. The molecule has 0 unspecified atom stereocenters. The van der Waals surface area contributed by atoms with Crippen LogP contribution in [0.25, 0.3) is 10.9 Å². The summed E-state index contributed by atoms with van der Waals surface area (Å²) in [4.78, 5) is 3.23. The van der Waals surface area contributed by atoms with Gasteiger partial charge in [-0.15, -0.1) is 6.07 Å². The summed E-state index contributed by atoms with van der Waals surface area (Å²) in [5.41, 5.74) is 2.22. The maximum Gasteiger partial charge on any atom is 0 e. The van der Waals surface area contributed by atoms with Crippen LogP contribution in [-0.4, -0.2) is 4.98 Å². The molecule has 0 bridgehead atoms. The van der Waals surface area contributed by atoms with E-state index in [2.05, 4.69) is 18.0 Å². The molecule has 1 aromatic heterocycles. The summed E-state index contributed by atoms with van der Waals surface area (Å²) in [6.45, 7) is 3.79. The first-order valence-corrected chi connectivity index (χ1v) is 3.68. The second kappa shape index (κ2) is 4.20. The van der Waals surface area contributed by atoms with Crippen LogP contribution in [0.4, 0.5) is 0 Å². The summed E-state index contributed by atoms with van der Waals surface area (Å²) in [7, 11) is 0. The van der Waals surface area contributed by atoms with Crippen molar-refractivity contribution < 1.29 is 32.7 Å². The number of fused-ring (bicyclic) bond motifs is 1. The monoisotopic (exact) mass is 232 g/mol. The summed E-state index contributed by atoms with van der Waals surface area (Å²) < 4.78 is 0. The molecule has 1 N–H and O–H groups in total. The minimum Gasteiger partial charge on any atom is -0.424 e. The molecule has 0 fully saturated rings. The maximum atomic E-state index is 3.79. The van der Waals surface area contributed by atoms with E-state index in [4.69, 9.17) is 0 Å². The van der Waals surface area contributed by atoms with Gasteiger partial charge in [-0.1, -0.05) is 23.3 Å². The van der Waals surface area contributed by atoms with Gasteiger partial charge in [-0.05, 0) is 0 Å². The molecule has 0 amide bonds. The van der Waals surface area contributed by atoms with Gasteiger partial charge in [0.25, 0.3) is 0 Å². The first-order valence-electron chi connectivity index (χ1n) is 3.68. The molecular formula is C10H9NY-2. The van der Waals surface area contributed by atoms with Gasteiger partial charge in [-0.3, -0.25) is 0 Å². The standard InChI is InChI=1S/C10H9N.Y/c1-2-9-7-8-5-3-4-6-10(8)11-9;/h3-6,11H,1-2H2;/q-2;. The SMILES string of the molecule is [CH2-]Cc1[c-]c2ccccc2[nH]1.[Y]. The van der Waals surface area contributed by atoms with Crippen LogP contribution in [-0.2, 0) is 39.1 Å². The molecule has 2 aromatic rings. The van der Waals surface area contributed by atoms with Crippen LogP contribution in [0.1, 0.15) is 5.69 Å². The van der Waals surface area contributed by atoms with Crippen molar-refractivity contribution in [3.8, 4) is 0 Å². The quantitative estimate of drug-likeness (QED) is 0.726. The Morgan fingerprint density at radius 2 is 2.08 bits per heavy atom. The van der Waals surface area contributed by atoms with Crippen LogP contribution in [0.3, 0.4) is 0 Å². The summed E-state index contributed by atoms with van der Waals surface area (Å²) >= 11 is 0. The average molecular weight is 232 g/mol. The number of hydrogen-bond acceptors (Lipinski definition) is 0. The summed E-state index contributed by atoms with van der Waals surface area (Å²) in [6.07, 6.45) is 0.773. The minimum atomic E-state index is 0. The van der Waals surface area contributed by atoms with E-state index in [9.17, 15) is 0 Å². The zero-order valence-corrected chi connectivity index (χ0v) is 9.64. The predicted octanol–water partition coefficient (Wildman–Crippen LogP) is 2.34. The molecule has 0 atom stereocenters. The van der Waals surface area contributed by atoms with Crippen LogP contribution in [0.15, 0.2) is 24.3 Å². The Labute approximate surface area is 97.4 Å². The Kier molecular flexibility index (Phi) is 3.48. The van der Waals surface area contributed by atoms with E-state index in [1.165, 1.54) is 0 Å². The van der Waals surface area contributed by atoms with E-state index in [1.54, 1.807) is 0 Å². The number of aromatic amines is 1. The third-order valence-corrected chi connectivity index (χ3v) is 1.75. The van der Waals surface area contributed by atoms with Crippen molar-refractivity contribution in [1.29, 1.82) is 0 Å².